The highest BCUT2D eigenvalue weighted by Crippen LogP contribution is 2.15. The van der Waals surface area contributed by atoms with Crippen LogP contribution in [-0.2, 0) is 0 Å². The number of carbonyl (C=O) groups excluding carboxylic acids is 1. The van der Waals surface area contributed by atoms with Crippen LogP contribution in [0.5, 0.6) is 0 Å². The van der Waals surface area contributed by atoms with Crippen LogP contribution in [0.2, 0.25) is 5.02 Å². The van der Waals surface area contributed by atoms with Gasteiger partial charge >= 0.3 is 0 Å². The molecule has 1 aliphatic rings. The van der Waals surface area contributed by atoms with Crippen LogP contribution in [0.4, 0.5) is 0 Å². The van der Waals surface area contributed by atoms with Gasteiger partial charge in [-0.3, -0.25) is 9.78 Å². The first-order valence-corrected chi connectivity index (χ1v) is 7.22. The highest BCUT2D eigenvalue weighted by molar-refractivity contribution is 6.30. The minimum Gasteiger partial charge on any atom is -0.367 e. The zero-order valence-corrected chi connectivity index (χ0v) is 12.4. The number of nitrogens with zero attached hydrogens (tertiary/aromatic N) is 1. The second-order valence-electron chi connectivity index (χ2n) is 4.80. The molecule has 4 nitrogen and oxygen atoms in total. The maximum atomic E-state index is 12.1. The van der Waals surface area contributed by atoms with Gasteiger partial charge in [-0.25, -0.2) is 0 Å². The van der Waals surface area contributed by atoms with Crippen LogP contribution >= 0.6 is 11.6 Å². The van der Waals surface area contributed by atoms with Crippen molar-refractivity contribution in [2.24, 2.45) is 0 Å². The Morgan fingerprint density at radius 1 is 1.23 bits per heavy atom. The Bertz CT molecular complexity index is 741. The number of amides is 1. The Balaban J connectivity index is 1.64. The van der Waals surface area contributed by atoms with Crippen molar-refractivity contribution in [3.05, 3.63) is 83.3 Å². The van der Waals surface area contributed by atoms with Crippen molar-refractivity contribution in [2.45, 2.75) is 6.17 Å². The first-order valence-electron chi connectivity index (χ1n) is 6.84. The van der Waals surface area contributed by atoms with Crippen molar-refractivity contribution >= 4 is 23.1 Å². The predicted molar refractivity (Wildman–Crippen MR) is 87.2 cm³/mol. The summed E-state index contributed by atoms with van der Waals surface area (Å²) in [6, 6.07) is 12.6. The molecule has 0 aliphatic carbocycles. The van der Waals surface area contributed by atoms with Crippen molar-refractivity contribution in [3.63, 3.8) is 0 Å². The molecule has 1 amide bonds. The molecule has 0 bridgehead atoms. The van der Waals surface area contributed by atoms with Crippen LogP contribution < -0.4 is 10.6 Å². The average molecular weight is 312 g/mol. The summed E-state index contributed by atoms with van der Waals surface area (Å²) in [5.74, 6) is -0.181. The maximum Gasteiger partial charge on any atom is 0.253 e. The number of aromatic nitrogens is 1. The van der Waals surface area contributed by atoms with Crippen LogP contribution in [-0.4, -0.2) is 17.1 Å². The third-order valence-corrected chi connectivity index (χ3v) is 3.46. The van der Waals surface area contributed by atoms with Crippen molar-refractivity contribution in [1.29, 1.82) is 0 Å². The van der Waals surface area contributed by atoms with Gasteiger partial charge in [0.15, 0.2) is 0 Å². The molecule has 3 rings (SSSR count). The zero-order valence-electron chi connectivity index (χ0n) is 11.7. The monoisotopic (exact) mass is 311 g/mol. The smallest absolute Gasteiger partial charge is 0.253 e. The van der Waals surface area contributed by atoms with Crippen molar-refractivity contribution in [1.82, 2.24) is 15.6 Å². The lowest BCUT2D eigenvalue weighted by Crippen LogP contribution is -2.42. The number of rotatable bonds is 3. The number of carbonyl (C=O) groups is 1. The fourth-order valence-electron chi connectivity index (χ4n) is 2.12. The quantitative estimate of drug-likeness (QED) is 0.916. The Morgan fingerprint density at radius 3 is 2.82 bits per heavy atom. The van der Waals surface area contributed by atoms with Gasteiger partial charge in [-0.1, -0.05) is 29.8 Å². The van der Waals surface area contributed by atoms with E-state index in [4.69, 9.17) is 11.6 Å². The van der Waals surface area contributed by atoms with Crippen LogP contribution in [0, 0.1) is 0 Å². The predicted octanol–water partition coefficient (Wildman–Crippen LogP) is 2.99. The lowest BCUT2D eigenvalue weighted by Gasteiger charge is -2.20. The highest BCUT2D eigenvalue weighted by Gasteiger charge is 2.13. The minimum atomic E-state index is -0.265. The van der Waals surface area contributed by atoms with E-state index in [1.165, 1.54) is 0 Å². The van der Waals surface area contributed by atoms with E-state index in [1.807, 2.05) is 36.6 Å². The molecule has 1 aromatic heterocycles. The first kappa shape index (κ1) is 14.4. The fraction of sp³-hybridized carbons (Fsp3) is 0.0588. The van der Waals surface area contributed by atoms with Gasteiger partial charge in [0.2, 0.25) is 0 Å². The molecule has 2 aromatic rings. The Morgan fingerprint density at radius 2 is 2.14 bits per heavy atom. The topological polar surface area (TPSA) is 54.0 Å². The van der Waals surface area contributed by atoms with Crippen molar-refractivity contribution < 1.29 is 4.79 Å². The number of pyridine rings is 1. The van der Waals surface area contributed by atoms with E-state index in [0.29, 0.717) is 10.6 Å². The van der Waals surface area contributed by atoms with E-state index >= 15 is 0 Å². The number of benzene rings is 1. The van der Waals surface area contributed by atoms with Gasteiger partial charge in [0.05, 0.1) is 5.69 Å². The van der Waals surface area contributed by atoms with E-state index in [2.05, 4.69) is 15.6 Å². The van der Waals surface area contributed by atoms with Gasteiger partial charge in [0.25, 0.3) is 5.91 Å². The molecule has 1 unspecified atom stereocenters. The minimum absolute atomic E-state index is 0.181. The molecule has 110 valence electrons. The standard InChI is InChI=1S/C17H14ClN3O/c18-14-5-3-4-12(10-14)17(22)21-16-8-7-13(11-20-16)15-6-1-2-9-19-15/h1-11,16,20H,(H,21,22). The largest absolute Gasteiger partial charge is 0.367 e. The second-order valence-corrected chi connectivity index (χ2v) is 5.24. The normalized spacial score (nSPS) is 16.6. The van der Waals surface area contributed by atoms with Crippen LogP contribution in [0.25, 0.3) is 5.57 Å². The molecule has 0 saturated heterocycles. The Labute approximate surface area is 133 Å². The summed E-state index contributed by atoms with van der Waals surface area (Å²) in [5, 5.41) is 6.54. The van der Waals surface area contributed by atoms with Gasteiger partial charge < -0.3 is 10.6 Å². The van der Waals surface area contributed by atoms with Crippen molar-refractivity contribution in [2.75, 3.05) is 0 Å². The van der Waals surface area contributed by atoms with E-state index < -0.39 is 0 Å². The highest BCUT2D eigenvalue weighted by atomic mass is 35.5. The molecule has 2 heterocycles. The number of allylic oxidation sites excluding steroid dienone is 2. The van der Waals surface area contributed by atoms with Gasteiger partial charge in [0, 0.05) is 28.6 Å². The third kappa shape index (κ3) is 3.35. The number of hydrogen-bond acceptors (Lipinski definition) is 3. The average Bonchev–Trinajstić information content (AvgIpc) is 2.56. The van der Waals surface area contributed by atoms with E-state index in [0.717, 1.165) is 11.3 Å². The molecule has 2 N–H and O–H groups in total. The molecular weight excluding hydrogens is 298 g/mol. The molecule has 0 saturated carbocycles. The number of hydrogen-bond donors (Lipinski definition) is 2. The molecular formula is C17H14ClN3O. The van der Waals surface area contributed by atoms with Gasteiger partial charge in [-0.2, -0.15) is 0 Å². The summed E-state index contributed by atoms with van der Waals surface area (Å²) in [4.78, 5) is 16.4. The maximum absolute atomic E-state index is 12.1. The molecule has 1 atom stereocenters. The summed E-state index contributed by atoms with van der Waals surface area (Å²) in [6.45, 7) is 0. The molecule has 0 spiro atoms. The SMILES string of the molecule is O=C(NC1C=CC(c2ccccn2)=CN1)c1cccc(Cl)c1. The van der Waals surface area contributed by atoms with Crippen LogP contribution in [0.15, 0.2) is 67.0 Å². The van der Waals surface area contributed by atoms with E-state index in [-0.39, 0.29) is 12.1 Å². The third-order valence-electron chi connectivity index (χ3n) is 3.22. The fourth-order valence-corrected chi connectivity index (χ4v) is 2.31. The molecule has 0 radical (unpaired) electrons. The van der Waals surface area contributed by atoms with Crippen molar-refractivity contribution in [3.8, 4) is 0 Å². The van der Waals surface area contributed by atoms with E-state index in [9.17, 15) is 4.79 Å². The number of nitrogens with one attached hydrogen (secondary N) is 2. The second kappa shape index (κ2) is 6.45. The Kier molecular flexibility index (Phi) is 4.21. The molecule has 1 aliphatic heterocycles. The van der Waals surface area contributed by atoms with Crippen LogP contribution in [0.3, 0.4) is 0 Å². The summed E-state index contributed by atoms with van der Waals surface area (Å²) in [7, 11) is 0. The lowest BCUT2D eigenvalue weighted by molar-refractivity contribution is 0.0941. The first-order chi connectivity index (χ1) is 10.7. The Hall–Kier alpha value is -2.59. The summed E-state index contributed by atoms with van der Waals surface area (Å²) in [6.07, 6.45) is 7.13. The zero-order chi connectivity index (χ0) is 15.4. The van der Waals surface area contributed by atoms with Gasteiger partial charge in [-0.05, 0) is 36.4 Å². The molecule has 5 heteroatoms. The lowest BCUT2D eigenvalue weighted by atomic mass is 10.1. The van der Waals surface area contributed by atoms with Gasteiger partial charge in [-0.15, -0.1) is 0 Å². The summed E-state index contributed by atoms with van der Waals surface area (Å²) >= 11 is 5.89. The molecule has 22 heavy (non-hydrogen) atoms. The number of dihydropyridines is 1. The van der Waals surface area contributed by atoms with E-state index in [1.54, 1.807) is 30.5 Å². The molecule has 1 aromatic carbocycles. The number of halogens is 1. The summed E-state index contributed by atoms with van der Waals surface area (Å²) < 4.78 is 0. The summed E-state index contributed by atoms with van der Waals surface area (Å²) in [5.41, 5.74) is 2.38. The van der Waals surface area contributed by atoms with Crippen LogP contribution in [0.1, 0.15) is 16.1 Å². The van der Waals surface area contributed by atoms with Gasteiger partial charge in [0.1, 0.15) is 6.17 Å². The molecule has 0 fully saturated rings.